The van der Waals surface area contributed by atoms with Crippen molar-refractivity contribution < 1.29 is 13.2 Å². The topological polar surface area (TPSA) is 89.3 Å². The Morgan fingerprint density at radius 1 is 1.38 bits per heavy atom. The van der Waals surface area contributed by atoms with Gasteiger partial charge in [0.15, 0.2) is 9.84 Å². The average molecular weight is 333 g/mol. The van der Waals surface area contributed by atoms with Crippen LogP contribution in [0.5, 0.6) is 0 Å². The summed E-state index contributed by atoms with van der Waals surface area (Å²) < 4.78 is 25.1. The number of amides is 1. The lowest BCUT2D eigenvalue weighted by molar-refractivity contribution is -0.121. The third-order valence-electron chi connectivity index (χ3n) is 3.23. The number of nitrogens with one attached hydrogen (secondary N) is 1. The summed E-state index contributed by atoms with van der Waals surface area (Å²) in [5.41, 5.74) is 5.74. The minimum atomic E-state index is -3.93. The maximum atomic E-state index is 12.5. The lowest BCUT2D eigenvalue weighted by Crippen LogP contribution is -2.42. The number of halogens is 1. The number of nitrogens with two attached hydrogens (primary N) is 1. The van der Waals surface area contributed by atoms with E-state index in [2.05, 4.69) is 5.32 Å². The van der Waals surface area contributed by atoms with E-state index in [-0.39, 0.29) is 21.6 Å². The maximum absolute atomic E-state index is 12.5. The van der Waals surface area contributed by atoms with Crippen LogP contribution in [0.4, 0.5) is 5.69 Å². The van der Waals surface area contributed by atoms with Crippen LogP contribution in [0.15, 0.2) is 23.1 Å². The van der Waals surface area contributed by atoms with Gasteiger partial charge in [0.1, 0.15) is 10.1 Å². The minimum absolute atomic E-state index is 0.0243. The molecule has 2 unspecified atom stereocenters. The van der Waals surface area contributed by atoms with E-state index in [0.717, 1.165) is 12.8 Å². The summed E-state index contributed by atoms with van der Waals surface area (Å²) in [6.45, 7) is 5.17. The van der Waals surface area contributed by atoms with Crippen molar-refractivity contribution in [1.29, 1.82) is 0 Å². The number of benzene rings is 1. The van der Waals surface area contributed by atoms with Crippen LogP contribution in [0.3, 0.4) is 0 Å². The summed E-state index contributed by atoms with van der Waals surface area (Å²) in [5.74, 6) is -0.546. The third-order valence-corrected chi connectivity index (χ3v) is 5.82. The first-order valence-corrected chi connectivity index (χ1v) is 8.72. The van der Waals surface area contributed by atoms with Gasteiger partial charge in [-0.25, -0.2) is 8.42 Å². The molecule has 0 aliphatic rings. The van der Waals surface area contributed by atoms with Gasteiger partial charge in [-0.1, -0.05) is 31.0 Å². The largest absolute Gasteiger partial charge is 0.398 e. The summed E-state index contributed by atoms with van der Waals surface area (Å²) >= 11 is 5.93. The molecule has 1 amide bonds. The molecule has 0 saturated heterocycles. The monoisotopic (exact) mass is 332 g/mol. The highest BCUT2D eigenvalue weighted by Gasteiger charge is 2.33. The molecule has 3 N–H and O–H groups in total. The Labute approximate surface area is 130 Å². The van der Waals surface area contributed by atoms with Crippen LogP contribution >= 0.6 is 11.6 Å². The second-order valence-corrected chi connectivity index (χ2v) is 7.66. The zero-order chi connectivity index (χ0) is 16.2. The van der Waals surface area contributed by atoms with E-state index in [1.165, 1.54) is 19.1 Å². The molecule has 5 nitrogen and oxygen atoms in total. The zero-order valence-electron chi connectivity index (χ0n) is 12.4. The Balaban J connectivity index is 3.05. The van der Waals surface area contributed by atoms with Gasteiger partial charge in [0.25, 0.3) is 0 Å². The lowest BCUT2D eigenvalue weighted by Gasteiger charge is -2.18. The van der Waals surface area contributed by atoms with Crippen molar-refractivity contribution in [2.24, 2.45) is 0 Å². The highest BCUT2D eigenvalue weighted by molar-refractivity contribution is 7.93. The number of anilines is 1. The van der Waals surface area contributed by atoms with Crippen LogP contribution in [0.2, 0.25) is 5.02 Å². The highest BCUT2D eigenvalue weighted by Crippen LogP contribution is 2.30. The molecule has 1 rings (SSSR count). The average Bonchev–Trinajstić information content (AvgIpc) is 2.37. The van der Waals surface area contributed by atoms with Crippen molar-refractivity contribution in [1.82, 2.24) is 5.32 Å². The molecular weight excluding hydrogens is 312 g/mol. The van der Waals surface area contributed by atoms with Gasteiger partial charge in [-0.3, -0.25) is 4.79 Å². The third kappa shape index (κ3) is 4.11. The predicted octanol–water partition coefficient (Wildman–Crippen LogP) is 2.39. The molecule has 0 heterocycles. The molecule has 0 spiro atoms. The molecule has 118 valence electrons. The lowest BCUT2D eigenvalue weighted by atomic mass is 10.2. The molecule has 0 fully saturated rings. The normalized spacial score (nSPS) is 14.5. The molecule has 21 heavy (non-hydrogen) atoms. The van der Waals surface area contributed by atoms with Gasteiger partial charge >= 0.3 is 0 Å². The molecule has 0 bridgehead atoms. The second-order valence-electron chi connectivity index (χ2n) is 5.04. The van der Waals surface area contributed by atoms with Crippen LogP contribution < -0.4 is 11.1 Å². The van der Waals surface area contributed by atoms with Crippen LogP contribution in [0.1, 0.15) is 33.6 Å². The quantitative estimate of drug-likeness (QED) is 0.783. The Bertz CT molecular complexity index is 596. The fourth-order valence-electron chi connectivity index (χ4n) is 2.01. The first-order valence-electron chi connectivity index (χ1n) is 6.80. The van der Waals surface area contributed by atoms with E-state index >= 15 is 0 Å². The van der Waals surface area contributed by atoms with Crippen LogP contribution in [-0.4, -0.2) is 25.6 Å². The van der Waals surface area contributed by atoms with E-state index in [0.29, 0.717) is 0 Å². The van der Waals surface area contributed by atoms with E-state index in [1.807, 2.05) is 13.8 Å². The van der Waals surface area contributed by atoms with Gasteiger partial charge in [0.2, 0.25) is 5.91 Å². The van der Waals surface area contributed by atoms with Crippen molar-refractivity contribution in [3.05, 3.63) is 23.2 Å². The fraction of sp³-hybridized carbons (Fsp3) is 0.500. The second kappa shape index (κ2) is 7.13. The molecule has 2 atom stereocenters. The summed E-state index contributed by atoms with van der Waals surface area (Å²) in [5, 5.41) is 1.47. The standard InChI is InChI=1S/C14H21ClN2O3S/c1-4-6-9(2)17-14(18)10(3)21(19,20)13-11(15)7-5-8-12(13)16/h5,7-10H,4,6,16H2,1-3H3,(H,17,18). The van der Waals surface area contributed by atoms with Crippen LogP contribution in [0, 0.1) is 0 Å². The predicted molar refractivity (Wildman–Crippen MR) is 85.0 cm³/mol. The molecule has 0 radical (unpaired) electrons. The van der Waals surface area contributed by atoms with Gasteiger partial charge in [-0.05, 0) is 32.4 Å². The van der Waals surface area contributed by atoms with Gasteiger partial charge < -0.3 is 11.1 Å². The fourth-order valence-corrected chi connectivity index (χ4v) is 3.95. The van der Waals surface area contributed by atoms with Crippen LogP contribution in [-0.2, 0) is 14.6 Å². The molecule has 0 aromatic heterocycles. The summed E-state index contributed by atoms with van der Waals surface area (Å²) in [6.07, 6.45) is 1.69. The molecule has 7 heteroatoms. The Morgan fingerprint density at radius 2 is 2.00 bits per heavy atom. The van der Waals surface area contributed by atoms with Crippen LogP contribution in [0.25, 0.3) is 0 Å². The van der Waals surface area contributed by atoms with Crippen molar-refractivity contribution >= 4 is 33.0 Å². The van der Waals surface area contributed by atoms with Crippen molar-refractivity contribution in [2.75, 3.05) is 5.73 Å². The number of hydrogen-bond donors (Lipinski definition) is 2. The summed E-state index contributed by atoms with van der Waals surface area (Å²) in [7, 11) is -3.93. The number of carbonyl (C=O) groups is 1. The van der Waals surface area contributed by atoms with E-state index in [4.69, 9.17) is 17.3 Å². The van der Waals surface area contributed by atoms with Crippen molar-refractivity contribution in [3.63, 3.8) is 0 Å². The molecule has 0 saturated carbocycles. The number of rotatable bonds is 6. The smallest absolute Gasteiger partial charge is 0.238 e. The van der Waals surface area contributed by atoms with E-state index in [1.54, 1.807) is 6.07 Å². The van der Waals surface area contributed by atoms with Gasteiger partial charge in [-0.2, -0.15) is 0 Å². The van der Waals surface area contributed by atoms with E-state index < -0.39 is 21.0 Å². The van der Waals surface area contributed by atoms with Gasteiger partial charge in [0, 0.05) is 6.04 Å². The Hall–Kier alpha value is -1.27. The van der Waals surface area contributed by atoms with Crippen molar-refractivity contribution in [3.8, 4) is 0 Å². The number of hydrogen-bond acceptors (Lipinski definition) is 4. The molecule has 0 aliphatic heterocycles. The maximum Gasteiger partial charge on any atom is 0.238 e. The van der Waals surface area contributed by atoms with Gasteiger partial charge in [0.05, 0.1) is 10.7 Å². The first kappa shape index (κ1) is 17.8. The Morgan fingerprint density at radius 3 is 2.52 bits per heavy atom. The Kier molecular flexibility index (Phi) is 6.04. The zero-order valence-corrected chi connectivity index (χ0v) is 14.0. The van der Waals surface area contributed by atoms with Gasteiger partial charge in [-0.15, -0.1) is 0 Å². The minimum Gasteiger partial charge on any atom is -0.398 e. The number of nitrogen functional groups attached to an aromatic ring is 1. The number of carbonyl (C=O) groups excluding carboxylic acids is 1. The van der Waals surface area contributed by atoms with E-state index in [9.17, 15) is 13.2 Å². The summed E-state index contributed by atoms with van der Waals surface area (Å²) in [6, 6.07) is 4.37. The summed E-state index contributed by atoms with van der Waals surface area (Å²) in [4.78, 5) is 11.9. The van der Waals surface area contributed by atoms with Crippen molar-refractivity contribution in [2.45, 2.75) is 49.8 Å². The molecule has 0 aliphatic carbocycles. The molecular formula is C14H21ClN2O3S. The SMILES string of the molecule is CCCC(C)NC(=O)C(C)S(=O)(=O)c1c(N)cccc1Cl. The first-order chi connectivity index (χ1) is 9.71. The highest BCUT2D eigenvalue weighted by atomic mass is 35.5. The molecule has 1 aromatic rings. The number of sulfone groups is 1. The molecule has 1 aromatic carbocycles.